The molecule has 1 saturated carbocycles. The lowest BCUT2D eigenvalue weighted by Gasteiger charge is -2.11. The van der Waals surface area contributed by atoms with Crippen LogP contribution < -0.4 is 5.73 Å². The standard InChI is InChI=1S/C18H17NS/c19-18(15-10-14(15)12-6-2-1-3-7-12)16-11-20-17-9-5-4-8-13(16)17/h1-9,11,14-15,18H,10,19H2. The number of nitrogens with two attached hydrogens (primary N) is 1. The Hall–Kier alpha value is -1.64. The van der Waals surface area contributed by atoms with E-state index >= 15 is 0 Å². The van der Waals surface area contributed by atoms with Crippen molar-refractivity contribution in [2.45, 2.75) is 18.4 Å². The van der Waals surface area contributed by atoms with Gasteiger partial charge in [0.2, 0.25) is 0 Å². The normalized spacial score (nSPS) is 22.9. The lowest BCUT2D eigenvalue weighted by atomic mass is 9.99. The van der Waals surface area contributed by atoms with Gasteiger partial charge in [0.05, 0.1) is 0 Å². The second-order valence-corrected chi connectivity index (χ2v) is 6.54. The van der Waals surface area contributed by atoms with Crippen molar-refractivity contribution in [2.75, 3.05) is 0 Å². The second kappa shape index (κ2) is 4.72. The van der Waals surface area contributed by atoms with E-state index < -0.39 is 0 Å². The van der Waals surface area contributed by atoms with Gasteiger partial charge >= 0.3 is 0 Å². The molecule has 2 N–H and O–H groups in total. The number of rotatable bonds is 3. The van der Waals surface area contributed by atoms with Gasteiger partial charge in [0.1, 0.15) is 0 Å². The van der Waals surface area contributed by atoms with Gasteiger partial charge in [-0.1, -0.05) is 48.5 Å². The maximum atomic E-state index is 6.55. The second-order valence-electron chi connectivity index (χ2n) is 5.63. The van der Waals surface area contributed by atoms with Gasteiger partial charge in [-0.05, 0) is 46.2 Å². The lowest BCUT2D eigenvalue weighted by Crippen LogP contribution is -2.12. The molecule has 2 aromatic carbocycles. The van der Waals surface area contributed by atoms with Crippen LogP contribution in [0.15, 0.2) is 60.0 Å². The minimum Gasteiger partial charge on any atom is -0.324 e. The molecule has 4 rings (SSSR count). The molecule has 1 aliphatic rings. The minimum absolute atomic E-state index is 0.163. The van der Waals surface area contributed by atoms with Gasteiger partial charge in [-0.3, -0.25) is 0 Å². The Morgan fingerprint density at radius 2 is 1.75 bits per heavy atom. The first-order chi connectivity index (χ1) is 9.84. The quantitative estimate of drug-likeness (QED) is 0.738. The van der Waals surface area contributed by atoms with Crippen molar-refractivity contribution in [1.29, 1.82) is 0 Å². The van der Waals surface area contributed by atoms with E-state index in [4.69, 9.17) is 5.73 Å². The van der Waals surface area contributed by atoms with Crippen molar-refractivity contribution in [3.63, 3.8) is 0 Å². The maximum Gasteiger partial charge on any atom is 0.0346 e. The summed E-state index contributed by atoms with van der Waals surface area (Å²) in [6.07, 6.45) is 1.22. The van der Waals surface area contributed by atoms with Crippen LogP contribution in [0, 0.1) is 5.92 Å². The Balaban J connectivity index is 1.61. The molecule has 3 atom stereocenters. The molecule has 100 valence electrons. The van der Waals surface area contributed by atoms with Crippen LogP contribution in [0.25, 0.3) is 10.1 Å². The highest BCUT2D eigenvalue weighted by atomic mass is 32.1. The van der Waals surface area contributed by atoms with E-state index in [-0.39, 0.29) is 6.04 Å². The summed E-state index contributed by atoms with van der Waals surface area (Å²) >= 11 is 1.80. The fraction of sp³-hybridized carbons (Fsp3) is 0.222. The first-order valence-corrected chi connectivity index (χ1v) is 7.99. The molecule has 1 aliphatic carbocycles. The molecule has 0 amide bonds. The van der Waals surface area contributed by atoms with Crippen LogP contribution in [-0.4, -0.2) is 0 Å². The van der Waals surface area contributed by atoms with Crippen molar-refractivity contribution in [3.05, 3.63) is 71.1 Å². The number of hydrogen-bond donors (Lipinski definition) is 1. The van der Waals surface area contributed by atoms with Gasteiger partial charge in [-0.15, -0.1) is 11.3 Å². The zero-order chi connectivity index (χ0) is 13.5. The van der Waals surface area contributed by atoms with E-state index in [1.54, 1.807) is 11.3 Å². The molecule has 3 aromatic rings. The highest BCUT2D eigenvalue weighted by molar-refractivity contribution is 7.17. The third kappa shape index (κ3) is 1.96. The third-order valence-electron chi connectivity index (χ3n) is 4.40. The van der Waals surface area contributed by atoms with E-state index in [0.717, 1.165) is 0 Å². The molecule has 1 fully saturated rings. The fourth-order valence-electron chi connectivity index (χ4n) is 3.18. The number of hydrogen-bond acceptors (Lipinski definition) is 2. The van der Waals surface area contributed by atoms with Crippen LogP contribution >= 0.6 is 11.3 Å². The summed E-state index contributed by atoms with van der Waals surface area (Å²) in [5.74, 6) is 1.24. The van der Waals surface area contributed by atoms with Crippen LogP contribution in [0.3, 0.4) is 0 Å². The molecule has 1 aromatic heterocycles. The van der Waals surface area contributed by atoms with Gasteiger partial charge in [0.15, 0.2) is 0 Å². The molecular formula is C18H17NS. The van der Waals surface area contributed by atoms with Crippen LogP contribution in [0.4, 0.5) is 0 Å². The summed E-state index contributed by atoms with van der Waals surface area (Å²) in [6, 6.07) is 19.5. The van der Waals surface area contributed by atoms with Crippen molar-refractivity contribution in [3.8, 4) is 0 Å². The molecule has 20 heavy (non-hydrogen) atoms. The van der Waals surface area contributed by atoms with Gasteiger partial charge in [0, 0.05) is 10.7 Å². The molecule has 0 saturated heterocycles. The molecular weight excluding hydrogens is 262 g/mol. The van der Waals surface area contributed by atoms with Gasteiger partial charge < -0.3 is 5.73 Å². The first kappa shape index (κ1) is 12.1. The van der Waals surface area contributed by atoms with Crippen molar-refractivity contribution in [2.24, 2.45) is 11.7 Å². The predicted molar refractivity (Wildman–Crippen MR) is 86.0 cm³/mol. The van der Waals surface area contributed by atoms with Crippen LogP contribution in [-0.2, 0) is 0 Å². The highest BCUT2D eigenvalue weighted by Crippen LogP contribution is 2.54. The Bertz CT molecular complexity index is 731. The summed E-state index contributed by atoms with van der Waals surface area (Å²) in [4.78, 5) is 0. The van der Waals surface area contributed by atoms with Gasteiger partial charge in [0.25, 0.3) is 0 Å². The maximum absolute atomic E-state index is 6.55. The fourth-order valence-corrected chi connectivity index (χ4v) is 4.19. The average Bonchev–Trinajstić information content (AvgIpc) is 3.20. The number of fused-ring (bicyclic) bond motifs is 1. The summed E-state index contributed by atoms with van der Waals surface area (Å²) in [6.45, 7) is 0. The van der Waals surface area contributed by atoms with Gasteiger partial charge in [-0.2, -0.15) is 0 Å². The molecule has 0 spiro atoms. The largest absolute Gasteiger partial charge is 0.324 e. The summed E-state index contributed by atoms with van der Waals surface area (Å²) in [5, 5.41) is 3.58. The monoisotopic (exact) mass is 279 g/mol. The Kier molecular flexibility index (Phi) is 2.86. The molecule has 1 heterocycles. The lowest BCUT2D eigenvalue weighted by molar-refractivity contribution is 0.621. The molecule has 2 heteroatoms. The number of benzene rings is 2. The molecule has 0 radical (unpaired) electrons. The summed E-state index contributed by atoms with van der Waals surface area (Å²) in [5.41, 5.74) is 9.31. The highest BCUT2D eigenvalue weighted by Gasteiger charge is 2.43. The van der Waals surface area contributed by atoms with E-state index in [1.807, 2.05) is 0 Å². The number of thiophene rings is 1. The minimum atomic E-state index is 0.163. The topological polar surface area (TPSA) is 26.0 Å². The van der Waals surface area contributed by atoms with Crippen molar-refractivity contribution < 1.29 is 0 Å². The Morgan fingerprint density at radius 3 is 2.60 bits per heavy atom. The predicted octanol–water partition coefficient (Wildman–Crippen LogP) is 4.70. The smallest absolute Gasteiger partial charge is 0.0346 e. The van der Waals surface area contributed by atoms with Gasteiger partial charge in [-0.25, -0.2) is 0 Å². The zero-order valence-corrected chi connectivity index (χ0v) is 12.0. The molecule has 1 nitrogen and oxygen atoms in total. The van der Waals surface area contributed by atoms with Crippen molar-refractivity contribution in [1.82, 2.24) is 0 Å². The SMILES string of the molecule is NC(c1csc2ccccc12)C1CC1c1ccccc1. The first-order valence-electron chi connectivity index (χ1n) is 7.11. The van der Waals surface area contributed by atoms with E-state index in [0.29, 0.717) is 11.8 Å². The summed E-state index contributed by atoms with van der Waals surface area (Å²) in [7, 11) is 0. The van der Waals surface area contributed by atoms with E-state index in [9.17, 15) is 0 Å². The van der Waals surface area contributed by atoms with Crippen molar-refractivity contribution >= 4 is 21.4 Å². The summed E-state index contributed by atoms with van der Waals surface area (Å²) < 4.78 is 1.34. The molecule has 0 aliphatic heterocycles. The van der Waals surface area contributed by atoms with E-state index in [1.165, 1.54) is 27.6 Å². The van der Waals surface area contributed by atoms with E-state index in [2.05, 4.69) is 60.0 Å². The average molecular weight is 279 g/mol. The Labute approximate surface area is 123 Å². The van der Waals surface area contributed by atoms with Crippen LogP contribution in [0.5, 0.6) is 0 Å². The van der Waals surface area contributed by atoms with Crippen LogP contribution in [0.1, 0.15) is 29.5 Å². The molecule has 0 bridgehead atoms. The van der Waals surface area contributed by atoms with Crippen LogP contribution in [0.2, 0.25) is 0 Å². The Morgan fingerprint density at radius 1 is 1.00 bits per heavy atom. The zero-order valence-electron chi connectivity index (χ0n) is 11.2. The molecule has 3 unspecified atom stereocenters. The third-order valence-corrected chi connectivity index (χ3v) is 5.38.